The first kappa shape index (κ1) is 16.0. The van der Waals surface area contributed by atoms with Crippen LogP contribution in [0.2, 0.25) is 0 Å². The van der Waals surface area contributed by atoms with Crippen LogP contribution < -0.4 is 5.32 Å². The summed E-state index contributed by atoms with van der Waals surface area (Å²) < 4.78 is 5.67. The predicted octanol–water partition coefficient (Wildman–Crippen LogP) is 3.60. The van der Waals surface area contributed by atoms with E-state index in [1.165, 1.54) is 0 Å². The lowest BCUT2D eigenvalue weighted by Crippen LogP contribution is -2.10. The Morgan fingerprint density at radius 2 is 2.18 bits per heavy atom. The Morgan fingerprint density at radius 1 is 1.41 bits per heavy atom. The monoisotopic (exact) mass is 302 g/mol. The smallest absolute Gasteiger partial charge is 0.225 e. The van der Waals surface area contributed by atoms with E-state index in [9.17, 15) is 4.79 Å². The Bertz CT molecular complexity index is 662. The van der Waals surface area contributed by atoms with E-state index in [2.05, 4.69) is 41.3 Å². The minimum Gasteiger partial charge on any atom is -0.441 e. The number of nitrogens with zero attached hydrogens (tertiary/aromatic N) is 2. The van der Waals surface area contributed by atoms with Crippen LogP contribution in [0.25, 0.3) is 12.2 Å². The van der Waals surface area contributed by atoms with Gasteiger partial charge in [0.15, 0.2) is 5.82 Å². The SMILES string of the molecule is CCCC(=O)Nc1cc(C=Cc2ncc(C(C)(C)C)o2)[nH]n1. The molecule has 22 heavy (non-hydrogen) atoms. The van der Waals surface area contributed by atoms with E-state index in [1.807, 2.05) is 6.92 Å². The highest BCUT2D eigenvalue weighted by Gasteiger charge is 2.18. The summed E-state index contributed by atoms with van der Waals surface area (Å²) in [6.45, 7) is 8.17. The van der Waals surface area contributed by atoms with E-state index in [0.29, 0.717) is 18.1 Å². The summed E-state index contributed by atoms with van der Waals surface area (Å²) in [6.07, 6.45) is 6.61. The van der Waals surface area contributed by atoms with Crippen molar-refractivity contribution in [2.45, 2.75) is 46.0 Å². The minimum absolute atomic E-state index is 0.0351. The molecular weight excluding hydrogens is 280 g/mol. The van der Waals surface area contributed by atoms with Crippen molar-refractivity contribution < 1.29 is 9.21 Å². The molecule has 2 N–H and O–H groups in total. The summed E-state index contributed by atoms with van der Waals surface area (Å²) in [5, 5.41) is 9.61. The van der Waals surface area contributed by atoms with E-state index in [-0.39, 0.29) is 11.3 Å². The lowest BCUT2D eigenvalue weighted by Gasteiger charge is -2.12. The third-order valence-corrected chi connectivity index (χ3v) is 3.01. The number of hydrogen-bond acceptors (Lipinski definition) is 4. The maximum atomic E-state index is 11.5. The standard InChI is InChI=1S/C16H22N4O2/c1-5-6-14(21)18-13-9-11(19-20-13)7-8-15-17-10-12(22-15)16(2,3)4/h7-10H,5-6H2,1-4H3,(H2,18,19,20,21). The summed E-state index contributed by atoms with van der Waals surface area (Å²) in [4.78, 5) is 15.7. The van der Waals surface area contributed by atoms with Crippen LogP contribution >= 0.6 is 0 Å². The first-order valence-electron chi connectivity index (χ1n) is 7.38. The molecule has 0 spiro atoms. The summed E-state index contributed by atoms with van der Waals surface area (Å²) in [7, 11) is 0. The van der Waals surface area contributed by atoms with Crippen molar-refractivity contribution in [3.63, 3.8) is 0 Å². The number of nitrogens with one attached hydrogen (secondary N) is 2. The molecule has 0 atom stereocenters. The third-order valence-electron chi connectivity index (χ3n) is 3.01. The van der Waals surface area contributed by atoms with Crippen LogP contribution in [-0.4, -0.2) is 21.1 Å². The molecule has 0 saturated heterocycles. The quantitative estimate of drug-likeness (QED) is 0.883. The van der Waals surface area contributed by atoms with E-state index >= 15 is 0 Å². The highest BCUT2D eigenvalue weighted by Crippen LogP contribution is 2.23. The maximum absolute atomic E-state index is 11.5. The third kappa shape index (κ3) is 4.31. The van der Waals surface area contributed by atoms with Gasteiger partial charge in [0, 0.05) is 24.0 Å². The van der Waals surface area contributed by atoms with Crippen molar-refractivity contribution >= 4 is 23.9 Å². The topological polar surface area (TPSA) is 83.8 Å². The molecule has 6 nitrogen and oxygen atoms in total. The molecule has 0 saturated carbocycles. The number of amides is 1. The second kappa shape index (κ2) is 6.60. The van der Waals surface area contributed by atoms with Crippen LogP contribution in [0.3, 0.4) is 0 Å². The molecule has 1 amide bonds. The number of hydrogen-bond donors (Lipinski definition) is 2. The zero-order chi connectivity index (χ0) is 16.2. The van der Waals surface area contributed by atoms with Crippen LogP contribution in [0.15, 0.2) is 16.7 Å². The van der Waals surface area contributed by atoms with Crippen LogP contribution in [0.4, 0.5) is 5.82 Å². The first-order chi connectivity index (χ1) is 10.4. The Morgan fingerprint density at radius 3 is 2.82 bits per heavy atom. The largest absolute Gasteiger partial charge is 0.441 e. The molecule has 0 aliphatic heterocycles. The first-order valence-corrected chi connectivity index (χ1v) is 7.38. The number of aromatic amines is 1. The highest BCUT2D eigenvalue weighted by atomic mass is 16.4. The Hall–Kier alpha value is -2.37. The lowest BCUT2D eigenvalue weighted by molar-refractivity contribution is -0.116. The van der Waals surface area contributed by atoms with Gasteiger partial charge in [-0.15, -0.1) is 0 Å². The number of H-pyrrole nitrogens is 1. The van der Waals surface area contributed by atoms with Gasteiger partial charge in [-0.25, -0.2) is 4.98 Å². The second-order valence-corrected chi connectivity index (χ2v) is 6.15. The van der Waals surface area contributed by atoms with Crippen molar-refractivity contribution in [2.75, 3.05) is 5.32 Å². The number of rotatable bonds is 5. The summed E-state index contributed by atoms with van der Waals surface area (Å²) >= 11 is 0. The minimum atomic E-state index is -0.0657. The summed E-state index contributed by atoms with van der Waals surface area (Å²) in [5.74, 6) is 1.85. The zero-order valence-corrected chi connectivity index (χ0v) is 13.4. The van der Waals surface area contributed by atoms with Crippen molar-refractivity contribution in [3.05, 3.63) is 29.6 Å². The van der Waals surface area contributed by atoms with Crippen molar-refractivity contribution in [1.29, 1.82) is 0 Å². The molecule has 0 unspecified atom stereocenters. The van der Waals surface area contributed by atoms with Gasteiger partial charge >= 0.3 is 0 Å². The molecule has 0 bridgehead atoms. The van der Waals surface area contributed by atoms with Gasteiger partial charge in [-0.05, 0) is 12.5 Å². The average molecular weight is 302 g/mol. The number of aromatic nitrogens is 3. The molecule has 2 rings (SSSR count). The number of anilines is 1. The molecule has 2 aromatic rings. The van der Waals surface area contributed by atoms with Gasteiger partial charge in [0.2, 0.25) is 11.8 Å². The molecular formula is C16H22N4O2. The lowest BCUT2D eigenvalue weighted by atomic mass is 9.94. The van der Waals surface area contributed by atoms with E-state index < -0.39 is 0 Å². The summed E-state index contributed by atoms with van der Waals surface area (Å²) in [6, 6.07) is 1.76. The molecule has 0 aromatic carbocycles. The second-order valence-electron chi connectivity index (χ2n) is 6.15. The van der Waals surface area contributed by atoms with Crippen LogP contribution in [0, 0.1) is 0 Å². The van der Waals surface area contributed by atoms with Crippen LogP contribution in [-0.2, 0) is 10.2 Å². The van der Waals surface area contributed by atoms with Gasteiger partial charge in [0.25, 0.3) is 0 Å². The molecule has 6 heteroatoms. The normalized spacial score (nSPS) is 12.0. The Labute approximate surface area is 130 Å². The van der Waals surface area contributed by atoms with Crippen molar-refractivity contribution in [2.24, 2.45) is 0 Å². The van der Waals surface area contributed by atoms with Gasteiger partial charge in [-0.3, -0.25) is 9.89 Å². The van der Waals surface area contributed by atoms with Crippen molar-refractivity contribution in [1.82, 2.24) is 15.2 Å². The fourth-order valence-electron chi connectivity index (χ4n) is 1.79. The summed E-state index contributed by atoms with van der Waals surface area (Å²) in [5.41, 5.74) is 0.700. The van der Waals surface area contributed by atoms with Gasteiger partial charge in [0.05, 0.1) is 11.9 Å². The molecule has 2 heterocycles. The van der Waals surface area contributed by atoms with Crippen molar-refractivity contribution in [3.8, 4) is 0 Å². The van der Waals surface area contributed by atoms with Crippen LogP contribution in [0.5, 0.6) is 0 Å². The van der Waals surface area contributed by atoms with Gasteiger partial charge in [0.1, 0.15) is 5.76 Å². The van der Waals surface area contributed by atoms with E-state index in [1.54, 1.807) is 24.4 Å². The molecule has 2 aromatic heterocycles. The fourth-order valence-corrected chi connectivity index (χ4v) is 1.79. The highest BCUT2D eigenvalue weighted by molar-refractivity contribution is 5.89. The number of carbonyl (C=O) groups is 1. The van der Waals surface area contributed by atoms with Gasteiger partial charge in [-0.1, -0.05) is 27.7 Å². The van der Waals surface area contributed by atoms with E-state index in [0.717, 1.165) is 17.9 Å². The van der Waals surface area contributed by atoms with Gasteiger partial charge in [-0.2, -0.15) is 5.10 Å². The predicted molar refractivity (Wildman–Crippen MR) is 86.3 cm³/mol. The fraction of sp³-hybridized carbons (Fsp3) is 0.438. The van der Waals surface area contributed by atoms with Gasteiger partial charge < -0.3 is 9.73 Å². The molecule has 118 valence electrons. The average Bonchev–Trinajstić information content (AvgIpc) is 3.04. The molecule has 0 aliphatic carbocycles. The number of carbonyl (C=O) groups excluding carboxylic acids is 1. The molecule has 0 radical (unpaired) electrons. The molecule has 0 aliphatic rings. The maximum Gasteiger partial charge on any atom is 0.225 e. The van der Waals surface area contributed by atoms with E-state index in [4.69, 9.17) is 4.42 Å². The molecule has 0 fully saturated rings. The zero-order valence-electron chi connectivity index (χ0n) is 13.4. The Kier molecular flexibility index (Phi) is 4.80. The Balaban J connectivity index is 2.00. The number of oxazole rings is 1. The van der Waals surface area contributed by atoms with Crippen LogP contribution in [0.1, 0.15) is 57.9 Å².